The molecule has 7 heteroatoms. The van der Waals surface area contributed by atoms with E-state index in [-0.39, 0.29) is 12.5 Å². The first-order valence-corrected chi connectivity index (χ1v) is 11.5. The number of carbonyl (C=O) groups is 1. The quantitative estimate of drug-likeness (QED) is 0.275. The molecule has 0 saturated carbocycles. The number of carboxylic acid groups (broad SMARTS) is 1. The van der Waals surface area contributed by atoms with Crippen LogP contribution in [0.1, 0.15) is 69.9 Å². The summed E-state index contributed by atoms with van der Waals surface area (Å²) >= 11 is 0. The van der Waals surface area contributed by atoms with E-state index in [1.54, 1.807) is 0 Å². The number of ether oxygens (including phenoxy) is 4. The molecule has 1 rings (SSSR count). The molecular weight excluding hydrogens is 398 g/mol. The minimum Gasteiger partial charge on any atom is -0.494 e. The zero-order chi connectivity index (χ0) is 22.6. The number of carboxylic acids is 1. The Hall–Kier alpha value is -1.67. The molecule has 0 bridgehead atoms. The van der Waals surface area contributed by atoms with E-state index >= 15 is 0 Å². The van der Waals surface area contributed by atoms with Crippen molar-refractivity contribution in [3.63, 3.8) is 0 Å². The number of hydrogen-bond acceptors (Lipinski definition) is 6. The lowest BCUT2D eigenvalue weighted by Gasteiger charge is -2.09. The van der Waals surface area contributed by atoms with E-state index in [0.717, 1.165) is 63.1 Å². The van der Waals surface area contributed by atoms with Crippen molar-refractivity contribution in [3.8, 4) is 5.75 Å². The van der Waals surface area contributed by atoms with Gasteiger partial charge in [0, 0.05) is 25.7 Å². The molecule has 0 saturated heterocycles. The molecule has 0 aliphatic rings. The van der Waals surface area contributed by atoms with Crippen molar-refractivity contribution in [3.05, 3.63) is 29.8 Å². The van der Waals surface area contributed by atoms with E-state index in [0.29, 0.717) is 39.5 Å². The van der Waals surface area contributed by atoms with Crippen molar-refractivity contribution in [1.29, 1.82) is 0 Å². The maximum absolute atomic E-state index is 10.4. The highest BCUT2D eigenvalue weighted by Crippen LogP contribution is 2.16. The lowest BCUT2D eigenvalue weighted by Crippen LogP contribution is -2.10. The van der Waals surface area contributed by atoms with Crippen LogP contribution < -0.4 is 10.5 Å². The Kier molecular flexibility index (Phi) is 16.8. The van der Waals surface area contributed by atoms with Crippen LogP contribution in [0.15, 0.2) is 24.3 Å². The van der Waals surface area contributed by atoms with Crippen LogP contribution in [0.3, 0.4) is 0 Å². The molecule has 0 unspecified atom stereocenters. The van der Waals surface area contributed by atoms with Gasteiger partial charge < -0.3 is 29.8 Å². The van der Waals surface area contributed by atoms with Gasteiger partial charge in [0.25, 0.3) is 0 Å². The molecule has 0 aromatic heterocycles. The third kappa shape index (κ3) is 16.7. The third-order valence-corrected chi connectivity index (χ3v) is 4.78. The molecule has 1 atom stereocenters. The van der Waals surface area contributed by atoms with Gasteiger partial charge in [-0.3, -0.25) is 4.79 Å². The molecule has 7 nitrogen and oxygen atoms in total. The van der Waals surface area contributed by atoms with Crippen molar-refractivity contribution < 1.29 is 28.8 Å². The zero-order valence-corrected chi connectivity index (χ0v) is 19.1. The molecule has 0 aliphatic heterocycles. The van der Waals surface area contributed by atoms with E-state index < -0.39 is 5.97 Å². The van der Waals surface area contributed by atoms with E-state index in [4.69, 9.17) is 29.8 Å². The first-order chi connectivity index (χ1) is 15.1. The molecule has 0 aliphatic carbocycles. The van der Waals surface area contributed by atoms with E-state index in [1.807, 2.05) is 31.2 Å². The molecule has 0 amide bonds. The SMILES string of the molecule is C[C@H](N)c1ccc(OCCCCCCOCCOCCOCCCCCC(=O)O)cc1. The summed E-state index contributed by atoms with van der Waals surface area (Å²) in [6.07, 6.45) is 7.08. The van der Waals surface area contributed by atoms with Crippen LogP contribution in [0.5, 0.6) is 5.75 Å². The minimum absolute atomic E-state index is 0.0519. The zero-order valence-electron chi connectivity index (χ0n) is 19.1. The van der Waals surface area contributed by atoms with Gasteiger partial charge >= 0.3 is 5.97 Å². The van der Waals surface area contributed by atoms with Crippen LogP contribution in [-0.2, 0) is 19.0 Å². The Labute approximate surface area is 187 Å². The fourth-order valence-corrected chi connectivity index (χ4v) is 2.92. The number of hydrogen-bond donors (Lipinski definition) is 2. The van der Waals surface area contributed by atoms with Gasteiger partial charge in [-0.25, -0.2) is 0 Å². The summed E-state index contributed by atoms with van der Waals surface area (Å²) in [5.74, 6) is 0.163. The predicted molar refractivity (Wildman–Crippen MR) is 122 cm³/mol. The Balaban J connectivity index is 1.75. The molecule has 0 heterocycles. The predicted octanol–water partition coefficient (Wildman–Crippen LogP) is 4.34. The number of nitrogens with two attached hydrogens (primary N) is 1. The van der Waals surface area contributed by atoms with Crippen LogP contribution in [-0.4, -0.2) is 57.3 Å². The second kappa shape index (κ2) is 19.0. The van der Waals surface area contributed by atoms with Crippen molar-refractivity contribution in [2.75, 3.05) is 46.2 Å². The highest BCUT2D eigenvalue weighted by molar-refractivity contribution is 5.66. The van der Waals surface area contributed by atoms with Crippen LogP contribution in [0.2, 0.25) is 0 Å². The van der Waals surface area contributed by atoms with Crippen molar-refractivity contribution in [2.45, 2.75) is 64.3 Å². The molecular formula is C24H41NO6. The maximum Gasteiger partial charge on any atom is 0.303 e. The minimum atomic E-state index is -0.734. The summed E-state index contributed by atoms with van der Waals surface area (Å²) in [5.41, 5.74) is 6.96. The Morgan fingerprint density at radius 3 is 1.77 bits per heavy atom. The second-order valence-electron chi connectivity index (χ2n) is 7.66. The Bertz CT molecular complexity index is 550. The Morgan fingerprint density at radius 1 is 0.774 bits per heavy atom. The second-order valence-corrected chi connectivity index (χ2v) is 7.66. The van der Waals surface area contributed by atoms with Crippen molar-refractivity contribution >= 4 is 5.97 Å². The van der Waals surface area contributed by atoms with Gasteiger partial charge in [-0.2, -0.15) is 0 Å². The monoisotopic (exact) mass is 439 g/mol. The van der Waals surface area contributed by atoms with Crippen LogP contribution >= 0.6 is 0 Å². The molecule has 3 N–H and O–H groups in total. The van der Waals surface area contributed by atoms with E-state index in [2.05, 4.69) is 0 Å². The average Bonchev–Trinajstić information content (AvgIpc) is 2.75. The summed E-state index contributed by atoms with van der Waals surface area (Å²) in [6.45, 7) is 6.44. The standard InChI is InChI=1S/C24H41NO6/c1-21(25)22-10-12-23(13-11-22)31-16-8-3-2-6-14-28-17-19-30-20-18-29-15-7-4-5-9-24(26)27/h10-13,21H,2-9,14-20,25H2,1H3,(H,26,27)/t21-/m0/s1. The fourth-order valence-electron chi connectivity index (χ4n) is 2.92. The number of benzene rings is 1. The molecule has 1 aromatic carbocycles. The van der Waals surface area contributed by atoms with E-state index in [9.17, 15) is 4.79 Å². The van der Waals surface area contributed by atoms with Gasteiger partial charge in [0.15, 0.2) is 0 Å². The molecule has 0 spiro atoms. The van der Waals surface area contributed by atoms with Crippen molar-refractivity contribution in [1.82, 2.24) is 0 Å². The van der Waals surface area contributed by atoms with Crippen LogP contribution in [0, 0.1) is 0 Å². The van der Waals surface area contributed by atoms with Gasteiger partial charge in [-0.1, -0.05) is 25.0 Å². The highest BCUT2D eigenvalue weighted by atomic mass is 16.5. The summed E-state index contributed by atoms with van der Waals surface area (Å²) in [7, 11) is 0. The van der Waals surface area contributed by atoms with Gasteiger partial charge in [0.1, 0.15) is 5.75 Å². The highest BCUT2D eigenvalue weighted by Gasteiger charge is 2.00. The maximum atomic E-state index is 10.4. The number of unbranched alkanes of at least 4 members (excludes halogenated alkanes) is 5. The number of rotatable bonds is 21. The average molecular weight is 440 g/mol. The lowest BCUT2D eigenvalue weighted by atomic mass is 10.1. The first-order valence-electron chi connectivity index (χ1n) is 11.5. The molecule has 0 radical (unpaired) electrons. The van der Waals surface area contributed by atoms with Crippen molar-refractivity contribution in [2.24, 2.45) is 5.73 Å². The topological polar surface area (TPSA) is 100 Å². The summed E-state index contributed by atoms with van der Waals surface area (Å²) in [5, 5.41) is 8.54. The largest absolute Gasteiger partial charge is 0.494 e. The Morgan fingerprint density at radius 2 is 1.26 bits per heavy atom. The molecule has 1 aromatic rings. The molecule has 178 valence electrons. The molecule has 0 fully saturated rings. The molecule has 31 heavy (non-hydrogen) atoms. The van der Waals surface area contributed by atoms with Gasteiger partial charge in [0.2, 0.25) is 0 Å². The normalized spacial score (nSPS) is 12.1. The summed E-state index contributed by atoms with van der Waals surface area (Å²) in [4.78, 5) is 10.4. The fraction of sp³-hybridized carbons (Fsp3) is 0.708. The smallest absolute Gasteiger partial charge is 0.303 e. The van der Waals surface area contributed by atoms with Gasteiger partial charge in [-0.05, 0) is 56.7 Å². The third-order valence-electron chi connectivity index (χ3n) is 4.78. The summed E-state index contributed by atoms with van der Waals surface area (Å²) < 4.78 is 22.2. The number of aliphatic carboxylic acids is 1. The van der Waals surface area contributed by atoms with Gasteiger partial charge in [0.05, 0.1) is 33.0 Å². The lowest BCUT2D eigenvalue weighted by molar-refractivity contribution is -0.137. The first kappa shape index (κ1) is 27.4. The van der Waals surface area contributed by atoms with E-state index in [1.165, 1.54) is 0 Å². The van der Waals surface area contributed by atoms with Crippen LogP contribution in [0.4, 0.5) is 0 Å². The summed E-state index contributed by atoms with van der Waals surface area (Å²) in [6, 6.07) is 8.04. The van der Waals surface area contributed by atoms with Crippen LogP contribution in [0.25, 0.3) is 0 Å². The van der Waals surface area contributed by atoms with Gasteiger partial charge in [-0.15, -0.1) is 0 Å².